The SMILES string of the molecule is CCC(c1nc2ccc(F)cc2[nH]1)N(C)C1CCCCC1. The van der Waals surface area contributed by atoms with Gasteiger partial charge in [0.1, 0.15) is 11.6 Å². The fourth-order valence-corrected chi connectivity index (χ4v) is 3.58. The van der Waals surface area contributed by atoms with Crippen molar-refractivity contribution in [3.63, 3.8) is 0 Å². The van der Waals surface area contributed by atoms with Gasteiger partial charge in [0, 0.05) is 6.04 Å². The Kier molecular flexibility index (Phi) is 4.24. The molecule has 0 aliphatic heterocycles. The van der Waals surface area contributed by atoms with E-state index in [1.54, 1.807) is 6.07 Å². The number of hydrogen-bond acceptors (Lipinski definition) is 2. The number of fused-ring (bicyclic) bond motifs is 1. The van der Waals surface area contributed by atoms with Gasteiger partial charge in [-0.05, 0) is 44.5 Å². The number of imidazole rings is 1. The number of nitrogens with one attached hydrogen (secondary N) is 1. The first-order valence-electron chi connectivity index (χ1n) is 8.06. The lowest BCUT2D eigenvalue weighted by Crippen LogP contribution is -2.36. The molecule has 1 fully saturated rings. The first-order valence-corrected chi connectivity index (χ1v) is 8.06. The molecule has 1 saturated carbocycles. The topological polar surface area (TPSA) is 31.9 Å². The Labute approximate surface area is 125 Å². The minimum atomic E-state index is -0.216. The molecule has 1 N–H and O–H groups in total. The minimum Gasteiger partial charge on any atom is -0.341 e. The average Bonchev–Trinajstić information content (AvgIpc) is 2.91. The molecule has 1 aliphatic carbocycles. The van der Waals surface area contributed by atoms with Gasteiger partial charge in [-0.1, -0.05) is 26.2 Å². The van der Waals surface area contributed by atoms with Crippen molar-refractivity contribution in [1.29, 1.82) is 0 Å². The molecule has 4 heteroatoms. The van der Waals surface area contributed by atoms with Crippen LogP contribution in [0.3, 0.4) is 0 Å². The molecule has 1 aromatic heterocycles. The predicted molar refractivity (Wildman–Crippen MR) is 83.7 cm³/mol. The van der Waals surface area contributed by atoms with Crippen LogP contribution in [0.2, 0.25) is 0 Å². The summed E-state index contributed by atoms with van der Waals surface area (Å²) in [6.07, 6.45) is 7.59. The molecule has 21 heavy (non-hydrogen) atoms. The lowest BCUT2D eigenvalue weighted by molar-refractivity contribution is 0.129. The second-order valence-electron chi connectivity index (χ2n) is 6.16. The Morgan fingerprint density at radius 3 is 2.81 bits per heavy atom. The van der Waals surface area contributed by atoms with Gasteiger partial charge in [-0.3, -0.25) is 4.90 Å². The second kappa shape index (κ2) is 6.14. The molecule has 3 nitrogen and oxygen atoms in total. The van der Waals surface area contributed by atoms with Crippen molar-refractivity contribution < 1.29 is 4.39 Å². The minimum absolute atomic E-state index is 0.216. The molecular weight excluding hydrogens is 265 g/mol. The standard InChI is InChI=1S/C17H24FN3/c1-3-16(21(2)13-7-5-4-6-8-13)17-19-14-10-9-12(18)11-15(14)20-17/h9-11,13,16H,3-8H2,1-2H3,(H,19,20). The summed E-state index contributed by atoms with van der Waals surface area (Å²) >= 11 is 0. The summed E-state index contributed by atoms with van der Waals surface area (Å²) in [4.78, 5) is 10.5. The van der Waals surface area contributed by atoms with Crippen molar-refractivity contribution in [2.45, 2.75) is 57.5 Å². The molecule has 114 valence electrons. The van der Waals surface area contributed by atoms with Crippen molar-refractivity contribution in [3.05, 3.63) is 29.8 Å². The lowest BCUT2D eigenvalue weighted by Gasteiger charge is -2.36. The monoisotopic (exact) mass is 289 g/mol. The summed E-state index contributed by atoms with van der Waals surface area (Å²) in [6, 6.07) is 5.67. The first-order chi connectivity index (χ1) is 10.2. The molecule has 1 aliphatic rings. The Morgan fingerprint density at radius 1 is 1.33 bits per heavy atom. The molecule has 0 radical (unpaired) electrons. The molecule has 1 unspecified atom stereocenters. The third-order valence-corrected chi connectivity index (χ3v) is 4.81. The number of aromatic amines is 1. The van der Waals surface area contributed by atoms with Gasteiger partial charge in [0.2, 0.25) is 0 Å². The first kappa shape index (κ1) is 14.5. The van der Waals surface area contributed by atoms with Crippen LogP contribution in [0.5, 0.6) is 0 Å². The third kappa shape index (κ3) is 2.95. The van der Waals surface area contributed by atoms with Crippen LogP contribution >= 0.6 is 0 Å². The third-order valence-electron chi connectivity index (χ3n) is 4.81. The van der Waals surface area contributed by atoms with Gasteiger partial charge in [-0.2, -0.15) is 0 Å². The van der Waals surface area contributed by atoms with Crippen molar-refractivity contribution in [1.82, 2.24) is 14.9 Å². The molecule has 0 spiro atoms. The smallest absolute Gasteiger partial charge is 0.125 e. The van der Waals surface area contributed by atoms with Gasteiger partial charge in [0.15, 0.2) is 0 Å². The number of aromatic nitrogens is 2. The van der Waals surface area contributed by atoms with E-state index in [0.717, 1.165) is 23.3 Å². The van der Waals surface area contributed by atoms with E-state index >= 15 is 0 Å². The molecule has 2 aromatic rings. The van der Waals surface area contributed by atoms with Crippen LogP contribution in [0.4, 0.5) is 4.39 Å². The van der Waals surface area contributed by atoms with Crippen molar-refractivity contribution >= 4 is 11.0 Å². The van der Waals surface area contributed by atoms with Crippen LogP contribution in [0.1, 0.15) is 57.3 Å². The normalized spacial score (nSPS) is 18.5. The summed E-state index contributed by atoms with van der Waals surface area (Å²) in [7, 11) is 2.21. The fraction of sp³-hybridized carbons (Fsp3) is 0.588. The zero-order chi connectivity index (χ0) is 14.8. The van der Waals surface area contributed by atoms with Crippen LogP contribution in [-0.2, 0) is 0 Å². The van der Waals surface area contributed by atoms with Crippen LogP contribution in [0, 0.1) is 5.82 Å². The predicted octanol–water partition coefficient (Wildman–Crippen LogP) is 4.42. The average molecular weight is 289 g/mol. The summed E-state index contributed by atoms with van der Waals surface area (Å²) in [5.41, 5.74) is 1.64. The number of halogens is 1. The lowest BCUT2D eigenvalue weighted by atomic mass is 9.93. The van der Waals surface area contributed by atoms with E-state index < -0.39 is 0 Å². The van der Waals surface area contributed by atoms with Gasteiger partial charge in [-0.15, -0.1) is 0 Å². The molecule has 1 aromatic carbocycles. The summed E-state index contributed by atoms with van der Waals surface area (Å²) < 4.78 is 13.3. The molecule has 0 amide bonds. The number of benzene rings is 1. The van der Waals surface area contributed by atoms with Gasteiger partial charge < -0.3 is 4.98 Å². The quantitative estimate of drug-likeness (QED) is 0.903. The summed E-state index contributed by atoms with van der Waals surface area (Å²) in [5.74, 6) is 0.748. The largest absolute Gasteiger partial charge is 0.341 e. The molecule has 3 rings (SSSR count). The molecule has 1 atom stereocenters. The van der Waals surface area contributed by atoms with Crippen LogP contribution in [-0.4, -0.2) is 28.0 Å². The number of hydrogen-bond donors (Lipinski definition) is 1. The fourth-order valence-electron chi connectivity index (χ4n) is 3.58. The maximum absolute atomic E-state index is 13.3. The Balaban J connectivity index is 1.86. The number of nitrogens with zero attached hydrogens (tertiary/aromatic N) is 2. The molecular formula is C17H24FN3. The molecule has 0 bridgehead atoms. The van der Waals surface area contributed by atoms with Gasteiger partial charge >= 0.3 is 0 Å². The van der Waals surface area contributed by atoms with E-state index in [2.05, 4.69) is 28.8 Å². The van der Waals surface area contributed by atoms with E-state index in [9.17, 15) is 4.39 Å². The highest BCUT2D eigenvalue weighted by Gasteiger charge is 2.26. The van der Waals surface area contributed by atoms with E-state index in [4.69, 9.17) is 0 Å². The Morgan fingerprint density at radius 2 is 2.10 bits per heavy atom. The van der Waals surface area contributed by atoms with Crippen molar-refractivity contribution in [2.24, 2.45) is 0 Å². The zero-order valence-corrected chi connectivity index (χ0v) is 12.9. The molecule has 1 heterocycles. The van der Waals surface area contributed by atoms with E-state index in [0.29, 0.717) is 6.04 Å². The van der Waals surface area contributed by atoms with Crippen molar-refractivity contribution in [3.8, 4) is 0 Å². The highest BCUT2D eigenvalue weighted by molar-refractivity contribution is 5.75. The van der Waals surface area contributed by atoms with Gasteiger partial charge in [0.05, 0.1) is 17.1 Å². The number of rotatable bonds is 4. The molecule has 0 saturated heterocycles. The highest BCUT2D eigenvalue weighted by Crippen LogP contribution is 2.30. The number of H-pyrrole nitrogens is 1. The van der Waals surface area contributed by atoms with Crippen LogP contribution in [0.15, 0.2) is 18.2 Å². The summed E-state index contributed by atoms with van der Waals surface area (Å²) in [5, 5.41) is 0. The maximum atomic E-state index is 13.3. The van der Waals surface area contributed by atoms with Gasteiger partial charge in [-0.25, -0.2) is 9.37 Å². The van der Waals surface area contributed by atoms with Crippen LogP contribution < -0.4 is 0 Å². The van der Waals surface area contributed by atoms with E-state index in [1.165, 1.54) is 44.2 Å². The zero-order valence-electron chi connectivity index (χ0n) is 12.9. The highest BCUT2D eigenvalue weighted by atomic mass is 19.1. The van der Waals surface area contributed by atoms with Crippen molar-refractivity contribution in [2.75, 3.05) is 7.05 Å². The Hall–Kier alpha value is -1.42. The van der Waals surface area contributed by atoms with Gasteiger partial charge in [0.25, 0.3) is 0 Å². The van der Waals surface area contributed by atoms with E-state index in [-0.39, 0.29) is 11.9 Å². The second-order valence-corrected chi connectivity index (χ2v) is 6.16. The van der Waals surface area contributed by atoms with E-state index in [1.807, 2.05) is 0 Å². The summed E-state index contributed by atoms with van der Waals surface area (Å²) in [6.45, 7) is 2.19. The maximum Gasteiger partial charge on any atom is 0.125 e. The van der Waals surface area contributed by atoms with Crippen LogP contribution in [0.25, 0.3) is 11.0 Å². The Bertz CT molecular complexity index is 601.